The first-order valence-corrected chi connectivity index (χ1v) is 8.77. The van der Waals surface area contributed by atoms with Gasteiger partial charge in [0.2, 0.25) is 0 Å². The highest BCUT2D eigenvalue weighted by atomic mass is 31.2. The van der Waals surface area contributed by atoms with Gasteiger partial charge in [-0.25, -0.2) is 0 Å². The standard InChI is InChI=1S/C14H21N2O3P/c1-4-19-20(3,17)10-9-13(11-15)16-12-5-7-14(18-2)8-6-12/h5-8,13,16H,4,9-10H2,1-3H3. The fourth-order valence-corrected chi connectivity index (χ4v) is 3.16. The van der Waals surface area contributed by atoms with Crippen LogP contribution in [0.4, 0.5) is 5.69 Å². The van der Waals surface area contributed by atoms with E-state index in [4.69, 9.17) is 14.5 Å². The number of anilines is 1. The van der Waals surface area contributed by atoms with Crippen molar-refractivity contribution in [3.8, 4) is 11.8 Å². The van der Waals surface area contributed by atoms with Gasteiger partial charge in [0.15, 0.2) is 7.37 Å². The zero-order valence-corrected chi connectivity index (χ0v) is 13.0. The molecule has 0 fully saturated rings. The number of hydrogen-bond donors (Lipinski definition) is 1. The summed E-state index contributed by atoms with van der Waals surface area (Å²) >= 11 is 0. The highest BCUT2D eigenvalue weighted by Gasteiger charge is 2.18. The summed E-state index contributed by atoms with van der Waals surface area (Å²) in [5, 5.41) is 12.2. The minimum atomic E-state index is -2.59. The van der Waals surface area contributed by atoms with Gasteiger partial charge in [-0.15, -0.1) is 0 Å². The van der Waals surface area contributed by atoms with Crippen LogP contribution in [0.25, 0.3) is 0 Å². The molecule has 5 nitrogen and oxygen atoms in total. The summed E-state index contributed by atoms with van der Waals surface area (Å²) in [6.07, 6.45) is 0.874. The highest BCUT2D eigenvalue weighted by Crippen LogP contribution is 2.43. The van der Waals surface area contributed by atoms with Gasteiger partial charge in [0.05, 0.1) is 19.8 Å². The van der Waals surface area contributed by atoms with Crippen LogP contribution in [0.5, 0.6) is 5.75 Å². The van der Waals surface area contributed by atoms with Crippen LogP contribution in [0.1, 0.15) is 13.3 Å². The molecule has 0 heterocycles. The van der Waals surface area contributed by atoms with E-state index in [0.29, 0.717) is 19.2 Å². The average molecular weight is 296 g/mol. The number of nitrogens with zero attached hydrogens (tertiary/aromatic N) is 1. The Labute approximate surface area is 120 Å². The number of methoxy groups -OCH3 is 1. The Hall–Kier alpha value is -1.50. The van der Waals surface area contributed by atoms with Crippen LogP contribution in [0.3, 0.4) is 0 Å². The second-order valence-electron chi connectivity index (χ2n) is 4.50. The molecule has 0 saturated heterocycles. The van der Waals surface area contributed by atoms with E-state index >= 15 is 0 Å². The number of rotatable bonds is 8. The molecular formula is C14H21N2O3P. The molecule has 0 radical (unpaired) electrons. The van der Waals surface area contributed by atoms with Gasteiger partial charge in [0.1, 0.15) is 11.8 Å². The fraction of sp³-hybridized carbons (Fsp3) is 0.500. The molecule has 0 aliphatic carbocycles. The number of benzene rings is 1. The summed E-state index contributed by atoms with van der Waals surface area (Å²) in [7, 11) is -0.984. The van der Waals surface area contributed by atoms with Crippen LogP contribution in [-0.4, -0.2) is 32.6 Å². The van der Waals surface area contributed by atoms with Crippen molar-refractivity contribution in [3.63, 3.8) is 0 Å². The maximum atomic E-state index is 12.0. The third-order valence-corrected chi connectivity index (χ3v) is 4.69. The number of nitriles is 1. The van der Waals surface area contributed by atoms with Crippen molar-refractivity contribution in [1.29, 1.82) is 5.26 Å². The molecule has 6 heteroatoms. The molecule has 0 aromatic heterocycles. The minimum Gasteiger partial charge on any atom is -0.497 e. The Kier molecular flexibility index (Phi) is 6.57. The lowest BCUT2D eigenvalue weighted by atomic mass is 10.2. The first-order valence-electron chi connectivity index (χ1n) is 6.52. The van der Waals surface area contributed by atoms with Crippen molar-refractivity contribution in [2.45, 2.75) is 19.4 Å². The third kappa shape index (κ3) is 5.64. The quantitative estimate of drug-likeness (QED) is 0.745. The van der Waals surface area contributed by atoms with Crippen molar-refractivity contribution in [2.24, 2.45) is 0 Å². The second kappa shape index (κ2) is 7.94. The predicted molar refractivity (Wildman–Crippen MR) is 80.7 cm³/mol. The first kappa shape index (κ1) is 16.6. The molecule has 0 spiro atoms. The van der Waals surface area contributed by atoms with Crippen LogP contribution in [0.2, 0.25) is 0 Å². The molecule has 2 unspecified atom stereocenters. The molecule has 1 aromatic rings. The Morgan fingerprint density at radius 1 is 1.40 bits per heavy atom. The summed E-state index contributed by atoms with van der Waals surface area (Å²) in [6.45, 7) is 3.85. The van der Waals surface area contributed by atoms with E-state index in [-0.39, 0.29) is 0 Å². The largest absolute Gasteiger partial charge is 0.497 e. The minimum absolute atomic E-state index is 0.391. The lowest BCUT2D eigenvalue weighted by molar-refractivity contribution is 0.336. The molecule has 0 bridgehead atoms. The van der Waals surface area contributed by atoms with E-state index < -0.39 is 13.4 Å². The van der Waals surface area contributed by atoms with Crippen molar-refractivity contribution < 1.29 is 13.8 Å². The zero-order chi connectivity index (χ0) is 15.0. The molecule has 1 aromatic carbocycles. The van der Waals surface area contributed by atoms with E-state index in [1.165, 1.54) is 0 Å². The second-order valence-corrected chi connectivity index (χ2v) is 7.23. The van der Waals surface area contributed by atoms with E-state index in [2.05, 4.69) is 11.4 Å². The van der Waals surface area contributed by atoms with E-state index in [1.54, 1.807) is 13.8 Å². The van der Waals surface area contributed by atoms with Crippen LogP contribution < -0.4 is 10.1 Å². The third-order valence-electron chi connectivity index (χ3n) is 2.81. The molecule has 20 heavy (non-hydrogen) atoms. The Balaban J connectivity index is 2.55. The Morgan fingerprint density at radius 2 is 2.05 bits per heavy atom. The summed E-state index contributed by atoms with van der Waals surface area (Å²) in [5.41, 5.74) is 0.833. The molecular weight excluding hydrogens is 275 g/mol. The topological polar surface area (TPSA) is 71.4 Å². The molecule has 2 atom stereocenters. The smallest absolute Gasteiger partial charge is 0.200 e. The SMILES string of the molecule is CCOP(C)(=O)CCC(C#N)Nc1ccc(OC)cc1. The van der Waals surface area contributed by atoms with Crippen molar-refractivity contribution in [2.75, 3.05) is 31.9 Å². The van der Waals surface area contributed by atoms with E-state index in [0.717, 1.165) is 11.4 Å². The summed E-state index contributed by atoms with van der Waals surface area (Å²) in [5.74, 6) is 0.762. The summed E-state index contributed by atoms with van der Waals surface area (Å²) < 4.78 is 22.3. The molecule has 0 amide bonds. The molecule has 0 aliphatic heterocycles. The van der Waals surface area contributed by atoms with Crippen LogP contribution in [-0.2, 0) is 9.09 Å². The molecule has 1 N–H and O–H groups in total. The Morgan fingerprint density at radius 3 is 2.55 bits per heavy atom. The van der Waals surface area contributed by atoms with Gasteiger partial charge < -0.3 is 14.6 Å². The normalized spacial score (nSPS) is 14.9. The Bertz CT molecular complexity index is 496. The zero-order valence-electron chi connectivity index (χ0n) is 12.1. The van der Waals surface area contributed by atoms with Gasteiger partial charge in [-0.05, 0) is 37.6 Å². The van der Waals surface area contributed by atoms with Gasteiger partial charge >= 0.3 is 0 Å². The lowest BCUT2D eigenvalue weighted by Gasteiger charge is -2.16. The van der Waals surface area contributed by atoms with E-state index in [9.17, 15) is 4.57 Å². The van der Waals surface area contributed by atoms with Gasteiger partial charge in [0.25, 0.3) is 0 Å². The number of ether oxygens (including phenoxy) is 1. The van der Waals surface area contributed by atoms with Crippen LogP contribution >= 0.6 is 7.37 Å². The highest BCUT2D eigenvalue weighted by molar-refractivity contribution is 7.58. The number of nitrogens with one attached hydrogen (secondary N) is 1. The molecule has 0 saturated carbocycles. The molecule has 0 aliphatic rings. The van der Waals surface area contributed by atoms with Crippen molar-refractivity contribution >= 4 is 13.1 Å². The fourth-order valence-electron chi connectivity index (χ4n) is 1.76. The summed E-state index contributed by atoms with van der Waals surface area (Å²) in [4.78, 5) is 0. The molecule has 110 valence electrons. The molecule has 1 rings (SSSR count). The van der Waals surface area contributed by atoms with Gasteiger partial charge in [-0.2, -0.15) is 5.26 Å². The maximum Gasteiger partial charge on any atom is 0.200 e. The summed E-state index contributed by atoms with van der Waals surface area (Å²) in [6, 6.07) is 9.11. The van der Waals surface area contributed by atoms with Crippen molar-refractivity contribution in [3.05, 3.63) is 24.3 Å². The average Bonchev–Trinajstić information content (AvgIpc) is 2.44. The first-order chi connectivity index (χ1) is 9.50. The number of hydrogen-bond acceptors (Lipinski definition) is 5. The van der Waals surface area contributed by atoms with Gasteiger partial charge in [0, 0.05) is 18.5 Å². The van der Waals surface area contributed by atoms with Crippen molar-refractivity contribution in [1.82, 2.24) is 0 Å². The monoisotopic (exact) mass is 296 g/mol. The predicted octanol–water partition coefficient (Wildman–Crippen LogP) is 3.33. The van der Waals surface area contributed by atoms with Gasteiger partial charge in [-0.1, -0.05) is 0 Å². The maximum absolute atomic E-state index is 12.0. The van der Waals surface area contributed by atoms with Crippen LogP contribution in [0, 0.1) is 11.3 Å². The van der Waals surface area contributed by atoms with Gasteiger partial charge in [-0.3, -0.25) is 4.57 Å². The lowest BCUT2D eigenvalue weighted by Crippen LogP contribution is -2.18. The van der Waals surface area contributed by atoms with E-state index in [1.807, 2.05) is 31.2 Å². The van der Waals surface area contributed by atoms with Crippen LogP contribution in [0.15, 0.2) is 24.3 Å².